The van der Waals surface area contributed by atoms with E-state index < -0.39 is 0 Å². The highest BCUT2D eigenvalue weighted by molar-refractivity contribution is 7.10. The first kappa shape index (κ1) is 10.7. The van der Waals surface area contributed by atoms with Crippen LogP contribution in [0.1, 0.15) is 31.2 Å². The van der Waals surface area contributed by atoms with E-state index in [9.17, 15) is 0 Å². The molecule has 0 aliphatic carbocycles. The van der Waals surface area contributed by atoms with Gasteiger partial charge in [0.15, 0.2) is 0 Å². The van der Waals surface area contributed by atoms with Crippen molar-refractivity contribution in [2.45, 2.75) is 32.4 Å². The standard InChI is InChI=1S/C10H17NOS/c1-3-9(7-12)11-8(2)10-5-4-6-13-10/h4-6,8-9,11-12H,3,7H2,1-2H3/t8-,9-/m0/s1. The number of hydrogen-bond donors (Lipinski definition) is 2. The minimum atomic E-state index is 0.214. The number of thiophene rings is 1. The van der Waals surface area contributed by atoms with Crippen molar-refractivity contribution in [1.82, 2.24) is 5.32 Å². The molecule has 0 saturated heterocycles. The van der Waals surface area contributed by atoms with Crippen molar-refractivity contribution >= 4 is 11.3 Å². The van der Waals surface area contributed by atoms with Gasteiger partial charge in [-0.05, 0) is 24.8 Å². The molecule has 0 bridgehead atoms. The normalized spacial score (nSPS) is 15.6. The van der Waals surface area contributed by atoms with Crippen LogP contribution in [0.5, 0.6) is 0 Å². The van der Waals surface area contributed by atoms with Crippen LogP contribution in [0.4, 0.5) is 0 Å². The molecular weight excluding hydrogens is 182 g/mol. The smallest absolute Gasteiger partial charge is 0.0584 e. The summed E-state index contributed by atoms with van der Waals surface area (Å²) < 4.78 is 0. The number of aliphatic hydroxyl groups excluding tert-OH is 1. The summed E-state index contributed by atoms with van der Waals surface area (Å²) in [5.41, 5.74) is 0. The molecule has 1 aromatic heterocycles. The number of nitrogens with one attached hydrogen (secondary N) is 1. The van der Waals surface area contributed by atoms with Gasteiger partial charge in [-0.1, -0.05) is 13.0 Å². The Morgan fingerprint density at radius 2 is 2.38 bits per heavy atom. The SMILES string of the molecule is CC[C@@H](CO)N[C@@H](C)c1cccs1. The van der Waals surface area contributed by atoms with Crippen molar-refractivity contribution in [3.8, 4) is 0 Å². The third kappa shape index (κ3) is 3.10. The molecule has 1 heterocycles. The molecule has 2 N–H and O–H groups in total. The number of rotatable bonds is 5. The van der Waals surface area contributed by atoms with Gasteiger partial charge in [-0.25, -0.2) is 0 Å². The van der Waals surface area contributed by atoms with Gasteiger partial charge in [0.1, 0.15) is 0 Å². The molecule has 1 aromatic rings. The molecule has 0 aliphatic heterocycles. The van der Waals surface area contributed by atoms with E-state index in [1.807, 2.05) is 0 Å². The second-order valence-corrected chi connectivity index (χ2v) is 4.17. The molecule has 0 unspecified atom stereocenters. The first-order chi connectivity index (χ1) is 6.27. The molecular formula is C10H17NOS. The lowest BCUT2D eigenvalue weighted by molar-refractivity contribution is 0.230. The Morgan fingerprint density at radius 1 is 1.62 bits per heavy atom. The minimum absolute atomic E-state index is 0.214. The molecule has 0 saturated carbocycles. The maximum atomic E-state index is 9.01. The van der Waals surface area contributed by atoms with Crippen LogP contribution >= 0.6 is 11.3 Å². The quantitative estimate of drug-likeness (QED) is 0.761. The van der Waals surface area contributed by atoms with E-state index >= 15 is 0 Å². The lowest BCUT2D eigenvalue weighted by atomic mass is 10.2. The largest absolute Gasteiger partial charge is 0.395 e. The van der Waals surface area contributed by atoms with E-state index in [0.29, 0.717) is 6.04 Å². The Balaban J connectivity index is 2.45. The summed E-state index contributed by atoms with van der Waals surface area (Å²) in [4.78, 5) is 1.33. The van der Waals surface area contributed by atoms with E-state index in [-0.39, 0.29) is 12.6 Å². The third-order valence-electron chi connectivity index (χ3n) is 2.17. The Kier molecular flexibility index (Phi) is 4.42. The zero-order valence-electron chi connectivity index (χ0n) is 8.16. The topological polar surface area (TPSA) is 32.3 Å². The van der Waals surface area contributed by atoms with Crippen molar-refractivity contribution in [3.63, 3.8) is 0 Å². The fraction of sp³-hybridized carbons (Fsp3) is 0.600. The van der Waals surface area contributed by atoms with Gasteiger partial charge in [0.25, 0.3) is 0 Å². The van der Waals surface area contributed by atoms with Crippen molar-refractivity contribution in [3.05, 3.63) is 22.4 Å². The van der Waals surface area contributed by atoms with Crippen LogP contribution in [0.25, 0.3) is 0 Å². The molecule has 13 heavy (non-hydrogen) atoms. The average molecular weight is 199 g/mol. The summed E-state index contributed by atoms with van der Waals surface area (Å²) in [6.45, 7) is 4.42. The van der Waals surface area contributed by atoms with Crippen LogP contribution in [-0.4, -0.2) is 17.8 Å². The maximum absolute atomic E-state index is 9.01. The molecule has 74 valence electrons. The second-order valence-electron chi connectivity index (χ2n) is 3.19. The molecule has 0 spiro atoms. The Morgan fingerprint density at radius 3 is 2.85 bits per heavy atom. The highest BCUT2D eigenvalue weighted by Gasteiger charge is 2.10. The molecule has 0 aliphatic rings. The predicted octanol–water partition coefficient (Wildman–Crippen LogP) is 2.17. The summed E-state index contributed by atoms with van der Waals surface area (Å²) in [5.74, 6) is 0. The molecule has 0 aromatic carbocycles. The van der Waals surface area contributed by atoms with E-state index in [0.717, 1.165) is 6.42 Å². The Bertz CT molecular complexity index is 219. The monoisotopic (exact) mass is 199 g/mol. The van der Waals surface area contributed by atoms with Crippen LogP contribution in [-0.2, 0) is 0 Å². The molecule has 0 radical (unpaired) electrons. The summed E-state index contributed by atoms with van der Waals surface area (Å²) in [6, 6.07) is 4.74. The van der Waals surface area contributed by atoms with Gasteiger partial charge < -0.3 is 10.4 Å². The van der Waals surface area contributed by atoms with Crippen molar-refractivity contribution in [2.24, 2.45) is 0 Å². The summed E-state index contributed by atoms with van der Waals surface area (Å²) in [6.07, 6.45) is 0.964. The van der Waals surface area contributed by atoms with Gasteiger partial charge in [-0.15, -0.1) is 11.3 Å². The lowest BCUT2D eigenvalue weighted by Crippen LogP contribution is -2.33. The summed E-state index contributed by atoms with van der Waals surface area (Å²) >= 11 is 1.75. The zero-order valence-corrected chi connectivity index (χ0v) is 8.97. The van der Waals surface area contributed by atoms with Crippen molar-refractivity contribution < 1.29 is 5.11 Å². The van der Waals surface area contributed by atoms with E-state index in [1.165, 1.54) is 4.88 Å². The van der Waals surface area contributed by atoms with E-state index in [1.54, 1.807) is 11.3 Å². The Labute approximate surface area is 83.6 Å². The van der Waals surface area contributed by atoms with Gasteiger partial charge in [0.05, 0.1) is 6.61 Å². The Hall–Kier alpha value is -0.380. The van der Waals surface area contributed by atoms with E-state index in [4.69, 9.17) is 5.11 Å². The summed E-state index contributed by atoms with van der Waals surface area (Å²) in [7, 11) is 0. The predicted molar refractivity (Wildman–Crippen MR) is 57.0 cm³/mol. The van der Waals surface area contributed by atoms with Gasteiger partial charge >= 0.3 is 0 Å². The molecule has 2 atom stereocenters. The van der Waals surface area contributed by atoms with Gasteiger partial charge in [0, 0.05) is 17.0 Å². The van der Waals surface area contributed by atoms with E-state index in [2.05, 4.69) is 36.7 Å². The highest BCUT2D eigenvalue weighted by atomic mass is 32.1. The van der Waals surface area contributed by atoms with Crippen LogP contribution in [0, 0.1) is 0 Å². The molecule has 3 heteroatoms. The van der Waals surface area contributed by atoms with Gasteiger partial charge in [-0.2, -0.15) is 0 Å². The first-order valence-corrected chi connectivity index (χ1v) is 5.56. The summed E-state index contributed by atoms with van der Waals surface area (Å²) in [5, 5.41) is 14.5. The molecule has 1 rings (SSSR count). The number of aliphatic hydroxyl groups is 1. The van der Waals surface area contributed by atoms with Crippen LogP contribution in [0.3, 0.4) is 0 Å². The zero-order chi connectivity index (χ0) is 9.68. The van der Waals surface area contributed by atoms with Crippen LogP contribution < -0.4 is 5.32 Å². The van der Waals surface area contributed by atoms with Gasteiger partial charge in [0.2, 0.25) is 0 Å². The lowest BCUT2D eigenvalue weighted by Gasteiger charge is -2.19. The first-order valence-electron chi connectivity index (χ1n) is 4.68. The molecule has 0 fully saturated rings. The van der Waals surface area contributed by atoms with Crippen LogP contribution in [0.2, 0.25) is 0 Å². The average Bonchev–Trinajstić information content (AvgIpc) is 2.66. The van der Waals surface area contributed by atoms with Crippen molar-refractivity contribution in [1.29, 1.82) is 0 Å². The molecule has 0 amide bonds. The van der Waals surface area contributed by atoms with Crippen LogP contribution in [0.15, 0.2) is 17.5 Å². The van der Waals surface area contributed by atoms with Gasteiger partial charge in [-0.3, -0.25) is 0 Å². The fourth-order valence-electron chi connectivity index (χ4n) is 1.27. The fourth-order valence-corrected chi connectivity index (χ4v) is 2.02. The molecule has 2 nitrogen and oxygen atoms in total. The highest BCUT2D eigenvalue weighted by Crippen LogP contribution is 2.18. The minimum Gasteiger partial charge on any atom is -0.395 e. The number of hydrogen-bond acceptors (Lipinski definition) is 3. The third-order valence-corrected chi connectivity index (χ3v) is 3.22. The second kappa shape index (κ2) is 5.37. The maximum Gasteiger partial charge on any atom is 0.0584 e. The van der Waals surface area contributed by atoms with Crippen molar-refractivity contribution in [2.75, 3.05) is 6.61 Å².